The number of amides is 1. The van der Waals surface area contributed by atoms with Gasteiger partial charge in [0.05, 0.1) is 6.61 Å². The van der Waals surface area contributed by atoms with Gasteiger partial charge in [-0.1, -0.05) is 0 Å². The molecular weight excluding hydrogens is 322 g/mol. The number of benzene rings is 1. The minimum Gasteiger partial charge on any atom is -0.494 e. The van der Waals surface area contributed by atoms with Crippen molar-refractivity contribution in [3.8, 4) is 16.3 Å². The quantitative estimate of drug-likeness (QED) is 0.759. The first kappa shape index (κ1) is 18.4. The summed E-state index contributed by atoms with van der Waals surface area (Å²) in [5, 5.41) is 3.70. The SMILES string of the molecule is CC(=O)NCCCOc1ccc(-c2ncc(CN)s2)cc1.Cl. The Hall–Kier alpha value is -1.63. The normalized spacial score (nSPS) is 9.91. The van der Waals surface area contributed by atoms with Crippen LogP contribution in [-0.2, 0) is 11.3 Å². The number of carbonyl (C=O) groups excluding carboxylic acids is 1. The lowest BCUT2D eigenvalue weighted by Gasteiger charge is -2.07. The molecule has 3 N–H and O–H groups in total. The lowest BCUT2D eigenvalue weighted by Crippen LogP contribution is -2.22. The Morgan fingerprint density at radius 1 is 1.36 bits per heavy atom. The molecule has 7 heteroatoms. The first-order valence-corrected chi connectivity index (χ1v) is 7.63. The second-order valence-electron chi connectivity index (χ2n) is 4.55. The van der Waals surface area contributed by atoms with Crippen LogP contribution in [0.25, 0.3) is 10.6 Å². The zero-order valence-corrected chi connectivity index (χ0v) is 14.0. The van der Waals surface area contributed by atoms with Crippen LogP contribution in [0.15, 0.2) is 30.5 Å². The molecule has 1 aromatic carbocycles. The van der Waals surface area contributed by atoms with E-state index in [1.54, 1.807) is 11.3 Å². The summed E-state index contributed by atoms with van der Waals surface area (Å²) >= 11 is 1.60. The number of aromatic nitrogens is 1. The Morgan fingerprint density at radius 3 is 2.68 bits per heavy atom. The van der Waals surface area contributed by atoms with Crippen molar-refractivity contribution in [2.75, 3.05) is 13.2 Å². The van der Waals surface area contributed by atoms with E-state index < -0.39 is 0 Å². The standard InChI is InChI=1S/C15H19N3O2S.ClH/c1-11(19)17-7-2-8-20-13-5-3-12(4-6-13)15-18-10-14(9-16)21-15;/h3-6,10H,2,7-9,16H2,1H3,(H,17,19);1H. The molecule has 0 saturated heterocycles. The van der Waals surface area contributed by atoms with Gasteiger partial charge in [0.1, 0.15) is 10.8 Å². The van der Waals surface area contributed by atoms with Crippen LogP contribution in [0.3, 0.4) is 0 Å². The van der Waals surface area contributed by atoms with E-state index in [9.17, 15) is 4.79 Å². The highest BCUT2D eigenvalue weighted by Crippen LogP contribution is 2.26. The van der Waals surface area contributed by atoms with Gasteiger partial charge in [-0.3, -0.25) is 4.79 Å². The van der Waals surface area contributed by atoms with Crippen LogP contribution >= 0.6 is 23.7 Å². The predicted molar refractivity (Wildman–Crippen MR) is 91.5 cm³/mol. The number of halogens is 1. The molecule has 2 rings (SSSR count). The highest BCUT2D eigenvalue weighted by Gasteiger charge is 2.04. The first-order valence-electron chi connectivity index (χ1n) is 6.81. The molecule has 0 saturated carbocycles. The highest BCUT2D eigenvalue weighted by atomic mass is 35.5. The van der Waals surface area contributed by atoms with E-state index in [-0.39, 0.29) is 18.3 Å². The van der Waals surface area contributed by atoms with Crippen molar-refractivity contribution in [3.05, 3.63) is 35.3 Å². The third kappa shape index (κ3) is 5.63. The molecule has 120 valence electrons. The topological polar surface area (TPSA) is 77.2 Å². The van der Waals surface area contributed by atoms with Gasteiger partial charge in [-0.05, 0) is 30.7 Å². The Labute approximate surface area is 140 Å². The highest BCUT2D eigenvalue weighted by molar-refractivity contribution is 7.15. The molecule has 0 aliphatic rings. The fourth-order valence-electron chi connectivity index (χ4n) is 1.76. The van der Waals surface area contributed by atoms with E-state index in [0.29, 0.717) is 19.7 Å². The number of hydrogen-bond donors (Lipinski definition) is 2. The van der Waals surface area contributed by atoms with Gasteiger partial charge >= 0.3 is 0 Å². The zero-order chi connectivity index (χ0) is 15.1. The molecule has 0 aliphatic carbocycles. The van der Waals surface area contributed by atoms with Gasteiger partial charge in [-0.2, -0.15) is 0 Å². The number of nitrogens with two attached hydrogens (primary N) is 1. The Balaban J connectivity index is 0.00000242. The molecule has 1 heterocycles. The molecule has 22 heavy (non-hydrogen) atoms. The van der Waals surface area contributed by atoms with Crippen molar-refractivity contribution in [1.82, 2.24) is 10.3 Å². The summed E-state index contributed by atoms with van der Waals surface area (Å²) in [5.74, 6) is 0.803. The van der Waals surface area contributed by atoms with Crippen molar-refractivity contribution in [3.63, 3.8) is 0 Å². The number of ether oxygens (including phenoxy) is 1. The van der Waals surface area contributed by atoms with Crippen molar-refractivity contribution < 1.29 is 9.53 Å². The Bertz CT molecular complexity index is 587. The van der Waals surface area contributed by atoms with Crippen molar-refractivity contribution in [2.45, 2.75) is 19.9 Å². The number of carbonyl (C=O) groups is 1. The fourth-order valence-corrected chi connectivity index (χ4v) is 2.55. The van der Waals surface area contributed by atoms with Crippen LogP contribution in [0.5, 0.6) is 5.75 Å². The number of nitrogens with zero attached hydrogens (tertiary/aromatic N) is 1. The number of nitrogens with one attached hydrogen (secondary N) is 1. The van der Waals surface area contributed by atoms with E-state index in [2.05, 4.69) is 10.3 Å². The minimum atomic E-state index is -0.0142. The Morgan fingerprint density at radius 2 is 2.09 bits per heavy atom. The molecular formula is C15H20ClN3O2S. The zero-order valence-electron chi connectivity index (χ0n) is 12.4. The maximum absolute atomic E-state index is 10.7. The van der Waals surface area contributed by atoms with Crippen LogP contribution in [-0.4, -0.2) is 24.0 Å². The number of rotatable bonds is 7. The van der Waals surface area contributed by atoms with E-state index in [0.717, 1.165) is 27.6 Å². The van der Waals surface area contributed by atoms with Crippen molar-refractivity contribution >= 4 is 29.7 Å². The minimum absolute atomic E-state index is 0. The summed E-state index contributed by atoms with van der Waals surface area (Å²) in [6.45, 7) is 3.24. The molecule has 0 spiro atoms. The van der Waals surface area contributed by atoms with Crippen LogP contribution in [0, 0.1) is 0 Å². The largest absolute Gasteiger partial charge is 0.494 e. The van der Waals surface area contributed by atoms with Crippen molar-refractivity contribution in [1.29, 1.82) is 0 Å². The number of hydrogen-bond acceptors (Lipinski definition) is 5. The van der Waals surface area contributed by atoms with Gasteiger partial charge in [-0.15, -0.1) is 23.7 Å². The summed E-state index contributed by atoms with van der Waals surface area (Å²) in [7, 11) is 0. The summed E-state index contributed by atoms with van der Waals surface area (Å²) in [4.78, 5) is 16.1. The molecule has 5 nitrogen and oxygen atoms in total. The average molecular weight is 342 g/mol. The molecule has 1 aromatic heterocycles. The van der Waals surface area contributed by atoms with E-state index in [1.807, 2.05) is 30.5 Å². The molecule has 0 aliphatic heterocycles. The second-order valence-corrected chi connectivity index (χ2v) is 5.66. The van der Waals surface area contributed by atoms with E-state index in [1.165, 1.54) is 6.92 Å². The van der Waals surface area contributed by atoms with E-state index >= 15 is 0 Å². The predicted octanol–water partition coefficient (Wildman–Crippen LogP) is 2.60. The van der Waals surface area contributed by atoms with Gasteiger partial charge < -0.3 is 15.8 Å². The van der Waals surface area contributed by atoms with Crippen molar-refractivity contribution in [2.24, 2.45) is 5.73 Å². The molecule has 0 unspecified atom stereocenters. The molecule has 1 amide bonds. The monoisotopic (exact) mass is 341 g/mol. The van der Waals surface area contributed by atoms with Gasteiger partial charge in [0.2, 0.25) is 5.91 Å². The lowest BCUT2D eigenvalue weighted by molar-refractivity contribution is -0.118. The fraction of sp³-hybridized carbons (Fsp3) is 0.333. The smallest absolute Gasteiger partial charge is 0.216 e. The lowest BCUT2D eigenvalue weighted by atomic mass is 10.2. The third-order valence-electron chi connectivity index (χ3n) is 2.82. The number of thiazole rings is 1. The third-order valence-corrected chi connectivity index (χ3v) is 3.89. The summed E-state index contributed by atoms with van der Waals surface area (Å²) in [5.41, 5.74) is 6.65. The van der Waals surface area contributed by atoms with Crippen LogP contribution in [0.1, 0.15) is 18.2 Å². The van der Waals surface area contributed by atoms with Crippen LogP contribution in [0.2, 0.25) is 0 Å². The summed E-state index contributed by atoms with van der Waals surface area (Å²) < 4.78 is 5.62. The van der Waals surface area contributed by atoms with Gasteiger partial charge in [-0.25, -0.2) is 4.98 Å². The molecule has 0 fully saturated rings. The van der Waals surface area contributed by atoms with Gasteiger partial charge in [0.25, 0.3) is 0 Å². The van der Waals surface area contributed by atoms with E-state index in [4.69, 9.17) is 10.5 Å². The van der Waals surface area contributed by atoms with Gasteiger partial charge in [0, 0.05) is 36.7 Å². The van der Waals surface area contributed by atoms with Crippen LogP contribution in [0.4, 0.5) is 0 Å². The average Bonchev–Trinajstić information content (AvgIpc) is 2.96. The van der Waals surface area contributed by atoms with Gasteiger partial charge in [0.15, 0.2) is 0 Å². The maximum atomic E-state index is 10.7. The maximum Gasteiger partial charge on any atom is 0.216 e. The first-order chi connectivity index (χ1) is 10.2. The second kappa shape index (κ2) is 9.40. The Kier molecular flexibility index (Phi) is 7.87. The molecule has 0 radical (unpaired) electrons. The molecule has 0 bridgehead atoms. The molecule has 2 aromatic rings. The molecule has 0 atom stereocenters. The summed E-state index contributed by atoms with van der Waals surface area (Å²) in [6, 6.07) is 7.83. The van der Waals surface area contributed by atoms with Crippen LogP contribution < -0.4 is 15.8 Å². The summed E-state index contributed by atoms with van der Waals surface area (Å²) in [6.07, 6.45) is 2.60.